The maximum Gasteiger partial charge on any atom is 0 e. The summed E-state index contributed by atoms with van der Waals surface area (Å²) >= 11 is 0. The predicted molar refractivity (Wildman–Crippen MR) is 48.1 cm³/mol. The molecule has 0 unspecified atom stereocenters. The Morgan fingerprint density at radius 2 is 0.786 bits per heavy atom. The topological polar surface area (TPSA) is 86.2 Å². The molecule has 0 aliphatic carbocycles. The van der Waals surface area contributed by atoms with Gasteiger partial charge in [0.05, 0.1) is 0 Å². The number of phosphoric acid groups is 1. The molecule has 0 aromatic rings. The third-order valence-corrected chi connectivity index (χ3v) is 0. The first-order chi connectivity index (χ1) is 5.46. The Morgan fingerprint density at radius 3 is 0.786 bits per heavy atom. The minimum absolute atomic E-state index is 0. The summed E-state index contributed by atoms with van der Waals surface area (Å²) in [6.45, 7) is 12.5. The molecule has 14 heavy (non-hydrogen) atoms. The molecule has 0 rings (SSSR count). The monoisotopic (exact) mass is 315 g/mol. The van der Waals surface area contributed by atoms with Gasteiger partial charge >= 0.3 is 0 Å². The fraction of sp³-hybridized carbons (Fsp3) is 0.750. The SMILES string of the molecule is C[C-](C)C.C[C-](C)C.O=P([O-])([O-])[O-].[Pd]. The van der Waals surface area contributed by atoms with Crippen LogP contribution in [0.3, 0.4) is 0 Å². The van der Waals surface area contributed by atoms with Gasteiger partial charge in [-0.25, -0.2) is 0 Å². The second-order valence-electron chi connectivity index (χ2n) is 3.45. The van der Waals surface area contributed by atoms with Crippen molar-refractivity contribution in [2.75, 3.05) is 0 Å². The van der Waals surface area contributed by atoms with Gasteiger partial charge in [0.2, 0.25) is 0 Å². The molecule has 0 aliphatic heterocycles. The maximum absolute atomic E-state index is 8.55. The van der Waals surface area contributed by atoms with Crippen molar-refractivity contribution >= 4 is 7.82 Å². The van der Waals surface area contributed by atoms with Gasteiger partial charge in [0.25, 0.3) is 0 Å². The molecular weight excluding hydrogens is 297 g/mol. The molecule has 0 aromatic heterocycles. The van der Waals surface area contributed by atoms with Gasteiger partial charge in [-0.1, -0.05) is 0 Å². The van der Waals surface area contributed by atoms with Gasteiger partial charge < -0.3 is 31.1 Å². The van der Waals surface area contributed by atoms with Crippen LogP contribution in [0.25, 0.3) is 0 Å². The summed E-state index contributed by atoms with van der Waals surface area (Å²) in [6.07, 6.45) is 0. The summed E-state index contributed by atoms with van der Waals surface area (Å²) in [4.78, 5) is 25.6. The number of hydrogen-bond donors (Lipinski definition) is 0. The van der Waals surface area contributed by atoms with Gasteiger partial charge in [0, 0.05) is 20.4 Å². The van der Waals surface area contributed by atoms with E-state index in [2.05, 4.69) is 41.5 Å². The van der Waals surface area contributed by atoms with Gasteiger partial charge in [-0.05, 0) is 0 Å². The Kier molecular flexibility index (Phi) is 23.8. The molecule has 0 aliphatic rings. The first-order valence-corrected chi connectivity index (χ1v) is 5.19. The molecule has 0 atom stereocenters. The molecule has 6 heteroatoms. The van der Waals surface area contributed by atoms with E-state index in [1.165, 1.54) is 11.8 Å². The predicted octanol–water partition coefficient (Wildman–Crippen LogP) is 0.414. The molecule has 0 N–H and O–H groups in total. The normalized spacial score (nSPS) is 9.36. The molecule has 0 radical (unpaired) electrons. The Morgan fingerprint density at radius 1 is 0.786 bits per heavy atom. The van der Waals surface area contributed by atoms with Crippen LogP contribution in [-0.2, 0) is 25.0 Å². The summed E-state index contributed by atoms with van der Waals surface area (Å²) < 4.78 is 8.55. The maximum atomic E-state index is 8.55. The fourth-order valence-corrected chi connectivity index (χ4v) is 0. The zero-order valence-corrected chi connectivity index (χ0v) is 11.8. The van der Waals surface area contributed by atoms with E-state index in [-0.39, 0.29) is 20.4 Å². The van der Waals surface area contributed by atoms with Crippen LogP contribution in [0.5, 0.6) is 0 Å². The van der Waals surface area contributed by atoms with Crippen LogP contribution in [0.2, 0.25) is 0 Å². The zero-order chi connectivity index (χ0) is 11.7. The van der Waals surface area contributed by atoms with Crippen molar-refractivity contribution < 1.29 is 39.7 Å². The largest absolute Gasteiger partial charge is 0.822 e. The van der Waals surface area contributed by atoms with E-state index in [0.29, 0.717) is 0 Å². The van der Waals surface area contributed by atoms with Gasteiger partial charge in [0.1, 0.15) is 0 Å². The molecule has 0 saturated heterocycles. The Labute approximate surface area is 101 Å². The number of rotatable bonds is 0. The van der Waals surface area contributed by atoms with Crippen LogP contribution in [-0.4, -0.2) is 0 Å². The van der Waals surface area contributed by atoms with Crippen LogP contribution in [0, 0.1) is 11.8 Å². The van der Waals surface area contributed by atoms with E-state index >= 15 is 0 Å². The first kappa shape index (κ1) is 24.1. The molecule has 0 spiro atoms. The minimum atomic E-state index is -5.39. The summed E-state index contributed by atoms with van der Waals surface area (Å²) in [5.74, 6) is 2.83. The summed E-state index contributed by atoms with van der Waals surface area (Å²) in [6, 6.07) is 0. The third-order valence-electron chi connectivity index (χ3n) is 0. The van der Waals surface area contributed by atoms with E-state index in [0.717, 1.165) is 0 Å². The second-order valence-corrected chi connectivity index (χ2v) is 4.34. The van der Waals surface area contributed by atoms with Crippen LogP contribution in [0.1, 0.15) is 41.5 Å². The Hall–Kier alpha value is 0.772. The molecule has 4 nitrogen and oxygen atoms in total. The molecule has 0 heterocycles. The van der Waals surface area contributed by atoms with E-state index in [1.54, 1.807) is 0 Å². The minimum Gasteiger partial charge on any atom is -0.822 e. The summed E-state index contributed by atoms with van der Waals surface area (Å²) in [7, 11) is -5.39. The van der Waals surface area contributed by atoms with E-state index < -0.39 is 7.82 Å². The average Bonchev–Trinajstić information content (AvgIpc) is 1.50. The zero-order valence-electron chi connectivity index (χ0n) is 9.40. The standard InChI is InChI=1S/2C4H9.H3O4P.Pd/c2*1-4(2)3;1-5(2,3)4;/h2*1-3H3;(H3,1,2,3,4);/q2*-1;;/p-3. The Bertz CT molecular complexity index is 114. The smallest absolute Gasteiger partial charge is 0 e. The molecule has 94 valence electrons. The Balaban J connectivity index is -0.0000000522. The van der Waals surface area contributed by atoms with Crippen LogP contribution in [0.4, 0.5) is 0 Å². The molecular formula is C8H18O4PPd-5. The van der Waals surface area contributed by atoms with Crippen molar-refractivity contribution in [1.29, 1.82) is 0 Å². The summed E-state index contributed by atoms with van der Waals surface area (Å²) in [5, 5.41) is 0. The van der Waals surface area contributed by atoms with Gasteiger partial charge in [0.15, 0.2) is 0 Å². The van der Waals surface area contributed by atoms with E-state index in [4.69, 9.17) is 19.2 Å². The van der Waals surface area contributed by atoms with Crippen molar-refractivity contribution in [3.63, 3.8) is 0 Å². The van der Waals surface area contributed by atoms with Crippen LogP contribution in [0.15, 0.2) is 0 Å². The fourth-order valence-electron chi connectivity index (χ4n) is 0. The van der Waals surface area contributed by atoms with Crippen molar-refractivity contribution in [1.82, 2.24) is 0 Å². The molecule has 0 amide bonds. The van der Waals surface area contributed by atoms with E-state index in [1.807, 2.05) is 0 Å². The van der Waals surface area contributed by atoms with Crippen LogP contribution < -0.4 is 14.7 Å². The molecule has 0 fully saturated rings. The van der Waals surface area contributed by atoms with Crippen molar-refractivity contribution in [3.8, 4) is 0 Å². The average molecular weight is 316 g/mol. The first-order valence-electron chi connectivity index (χ1n) is 3.73. The van der Waals surface area contributed by atoms with Crippen LogP contribution >= 0.6 is 7.82 Å². The quantitative estimate of drug-likeness (QED) is 0.368. The number of hydrogen-bond acceptors (Lipinski definition) is 4. The summed E-state index contributed by atoms with van der Waals surface area (Å²) in [5.41, 5.74) is 0. The van der Waals surface area contributed by atoms with Gasteiger partial charge in [-0.3, -0.25) is 0 Å². The van der Waals surface area contributed by atoms with Gasteiger partial charge in [-0.15, -0.1) is 0 Å². The van der Waals surface area contributed by atoms with Crippen molar-refractivity contribution in [3.05, 3.63) is 11.8 Å². The van der Waals surface area contributed by atoms with E-state index in [9.17, 15) is 0 Å². The molecule has 0 aromatic carbocycles. The second kappa shape index (κ2) is 13.8. The van der Waals surface area contributed by atoms with Crippen molar-refractivity contribution in [2.24, 2.45) is 0 Å². The van der Waals surface area contributed by atoms with Crippen molar-refractivity contribution in [2.45, 2.75) is 41.5 Å². The van der Waals surface area contributed by atoms with Gasteiger partial charge in [-0.2, -0.15) is 49.4 Å². The third kappa shape index (κ3) is 2970. The molecule has 0 bridgehead atoms. The molecule has 0 saturated carbocycles.